The Morgan fingerprint density at radius 2 is 2.14 bits per heavy atom. The van der Waals surface area contributed by atoms with Gasteiger partial charge in [0.1, 0.15) is 0 Å². The van der Waals surface area contributed by atoms with Gasteiger partial charge in [0.05, 0.1) is 12.1 Å². The van der Waals surface area contributed by atoms with Crippen LogP contribution in [0, 0.1) is 0 Å². The maximum absolute atomic E-state index is 12.5. The van der Waals surface area contributed by atoms with Crippen LogP contribution in [-0.4, -0.2) is 40.2 Å². The fourth-order valence-electron chi connectivity index (χ4n) is 3.51. The minimum Gasteiger partial charge on any atom is -0.378 e. The van der Waals surface area contributed by atoms with Crippen molar-refractivity contribution in [3.05, 3.63) is 11.7 Å². The van der Waals surface area contributed by atoms with E-state index in [9.17, 15) is 4.79 Å². The van der Waals surface area contributed by atoms with E-state index < -0.39 is 0 Å². The number of ether oxygens (including phenoxy) is 1. The molecule has 3 fully saturated rings. The van der Waals surface area contributed by atoms with E-state index in [4.69, 9.17) is 9.26 Å². The van der Waals surface area contributed by atoms with Crippen molar-refractivity contribution >= 4 is 5.91 Å². The van der Waals surface area contributed by atoms with Crippen LogP contribution in [0.5, 0.6) is 0 Å². The molecule has 2 atom stereocenters. The van der Waals surface area contributed by atoms with Crippen LogP contribution in [0.2, 0.25) is 0 Å². The number of aromatic nitrogens is 2. The molecule has 2 saturated heterocycles. The van der Waals surface area contributed by atoms with Crippen LogP contribution in [0.3, 0.4) is 0 Å². The second-order valence-electron chi connectivity index (χ2n) is 6.68. The number of nitrogens with zero attached hydrogens (tertiary/aromatic N) is 3. The lowest BCUT2D eigenvalue weighted by Crippen LogP contribution is -2.31. The highest BCUT2D eigenvalue weighted by Gasteiger charge is 2.36. The van der Waals surface area contributed by atoms with E-state index in [1.165, 1.54) is 0 Å². The Labute approximate surface area is 130 Å². The van der Waals surface area contributed by atoms with Crippen molar-refractivity contribution < 1.29 is 14.1 Å². The fourth-order valence-corrected chi connectivity index (χ4v) is 3.51. The Morgan fingerprint density at radius 1 is 1.23 bits per heavy atom. The minimum atomic E-state index is 0.00764. The topological polar surface area (TPSA) is 68.5 Å². The molecule has 1 aromatic heterocycles. The molecule has 0 aromatic carbocycles. The third-order valence-electron chi connectivity index (χ3n) is 4.96. The lowest BCUT2D eigenvalue weighted by atomic mass is 10.1. The molecule has 1 aliphatic carbocycles. The Morgan fingerprint density at radius 3 is 2.91 bits per heavy atom. The van der Waals surface area contributed by atoms with E-state index in [2.05, 4.69) is 10.1 Å². The van der Waals surface area contributed by atoms with Crippen LogP contribution in [0.15, 0.2) is 4.52 Å². The highest BCUT2D eigenvalue weighted by molar-refractivity contribution is 5.76. The quantitative estimate of drug-likeness (QED) is 0.836. The summed E-state index contributed by atoms with van der Waals surface area (Å²) in [6.07, 6.45) is 8.14. The summed E-state index contributed by atoms with van der Waals surface area (Å²) in [6, 6.07) is 0.00764. The van der Waals surface area contributed by atoms with Gasteiger partial charge in [-0.15, -0.1) is 0 Å². The van der Waals surface area contributed by atoms with Crippen molar-refractivity contribution in [3.63, 3.8) is 0 Å². The lowest BCUT2D eigenvalue weighted by molar-refractivity contribution is -0.132. The smallest absolute Gasteiger partial charge is 0.229 e. The molecule has 1 amide bonds. The monoisotopic (exact) mass is 305 g/mol. The van der Waals surface area contributed by atoms with E-state index in [1.807, 2.05) is 4.90 Å². The molecule has 4 rings (SSSR count). The molecule has 1 saturated carbocycles. The summed E-state index contributed by atoms with van der Waals surface area (Å²) in [5, 5.41) is 4.12. The highest BCUT2D eigenvalue weighted by atomic mass is 16.5. The third kappa shape index (κ3) is 2.89. The van der Waals surface area contributed by atoms with Gasteiger partial charge in [-0.25, -0.2) is 0 Å². The van der Waals surface area contributed by atoms with Crippen molar-refractivity contribution in [2.24, 2.45) is 0 Å². The van der Waals surface area contributed by atoms with Gasteiger partial charge < -0.3 is 14.2 Å². The molecule has 2 aliphatic heterocycles. The first-order chi connectivity index (χ1) is 10.8. The van der Waals surface area contributed by atoms with E-state index in [0.29, 0.717) is 18.2 Å². The second-order valence-corrected chi connectivity index (χ2v) is 6.68. The Bertz CT molecular complexity index is 534. The number of hydrogen-bond acceptors (Lipinski definition) is 5. The van der Waals surface area contributed by atoms with Crippen molar-refractivity contribution in [3.8, 4) is 0 Å². The van der Waals surface area contributed by atoms with Crippen LogP contribution < -0.4 is 0 Å². The predicted molar refractivity (Wildman–Crippen MR) is 78.2 cm³/mol. The zero-order valence-corrected chi connectivity index (χ0v) is 12.9. The molecular weight excluding hydrogens is 282 g/mol. The zero-order chi connectivity index (χ0) is 14.9. The molecule has 22 heavy (non-hydrogen) atoms. The number of amides is 1. The number of carbonyl (C=O) groups excluding carboxylic acids is 1. The molecule has 0 N–H and O–H groups in total. The Balaban J connectivity index is 1.37. The number of likely N-dealkylation sites (tertiary alicyclic amines) is 1. The maximum atomic E-state index is 12.5. The molecule has 0 unspecified atom stereocenters. The summed E-state index contributed by atoms with van der Waals surface area (Å²) in [5.74, 6) is 2.13. The van der Waals surface area contributed by atoms with E-state index in [0.717, 1.165) is 64.0 Å². The van der Waals surface area contributed by atoms with E-state index in [1.54, 1.807) is 0 Å². The fraction of sp³-hybridized carbons (Fsp3) is 0.812. The first-order valence-electron chi connectivity index (χ1n) is 8.56. The summed E-state index contributed by atoms with van der Waals surface area (Å²) in [6.45, 7) is 1.65. The van der Waals surface area contributed by atoms with Gasteiger partial charge in [-0.2, -0.15) is 4.98 Å². The molecule has 0 spiro atoms. The molecule has 6 nitrogen and oxygen atoms in total. The summed E-state index contributed by atoms with van der Waals surface area (Å²) < 4.78 is 11.0. The van der Waals surface area contributed by atoms with Crippen molar-refractivity contribution in [2.75, 3.05) is 13.2 Å². The van der Waals surface area contributed by atoms with Gasteiger partial charge in [-0.1, -0.05) is 5.16 Å². The van der Waals surface area contributed by atoms with Crippen molar-refractivity contribution in [1.82, 2.24) is 15.0 Å². The van der Waals surface area contributed by atoms with Gasteiger partial charge in [0.25, 0.3) is 0 Å². The van der Waals surface area contributed by atoms with Gasteiger partial charge in [0.2, 0.25) is 11.8 Å². The average Bonchev–Trinajstić information content (AvgIpc) is 3.02. The SMILES string of the molecule is O=C(CC[C@@H]1CCCO1)N1CCC[C@H]1c1noc(C2CC2)n1. The first kappa shape index (κ1) is 14.2. The summed E-state index contributed by atoms with van der Waals surface area (Å²) in [7, 11) is 0. The molecule has 0 bridgehead atoms. The average molecular weight is 305 g/mol. The van der Waals surface area contributed by atoms with Crippen molar-refractivity contribution in [2.45, 2.75) is 69.4 Å². The van der Waals surface area contributed by atoms with Gasteiger partial charge in [-0.3, -0.25) is 4.79 Å². The summed E-state index contributed by atoms with van der Waals surface area (Å²) >= 11 is 0. The highest BCUT2D eigenvalue weighted by Crippen LogP contribution is 2.40. The molecule has 120 valence electrons. The largest absolute Gasteiger partial charge is 0.378 e. The van der Waals surface area contributed by atoms with Crippen LogP contribution in [0.4, 0.5) is 0 Å². The van der Waals surface area contributed by atoms with Crippen LogP contribution >= 0.6 is 0 Å². The molecule has 3 heterocycles. The molecule has 3 aliphatic rings. The lowest BCUT2D eigenvalue weighted by Gasteiger charge is -2.22. The second kappa shape index (κ2) is 5.99. The number of rotatable bonds is 5. The van der Waals surface area contributed by atoms with Crippen LogP contribution in [0.1, 0.15) is 75.0 Å². The Hall–Kier alpha value is -1.43. The van der Waals surface area contributed by atoms with E-state index in [-0.39, 0.29) is 18.1 Å². The van der Waals surface area contributed by atoms with Crippen molar-refractivity contribution in [1.29, 1.82) is 0 Å². The molecule has 0 radical (unpaired) electrons. The van der Waals surface area contributed by atoms with Gasteiger partial charge in [0.15, 0.2) is 5.82 Å². The number of carbonyl (C=O) groups is 1. The summed E-state index contributed by atoms with van der Waals surface area (Å²) in [5.41, 5.74) is 0. The minimum absolute atomic E-state index is 0.00764. The molecule has 6 heteroatoms. The van der Waals surface area contributed by atoms with Gasteiger partial charge >= 0.3 is 0 Å². The Kier molecular flexibility index (Phi) is 3.86. The predicted octanol–water partition coefficient (Wildman–Crippen LogP) is 2.57. The first-order valence-corrected chi connectivity index (χ1v) is 8.56. The standard InChI is InChI=1S/C16H23N3O3/c20-14(8-7-12-3-2-10-21-12)19-9-1-4-13(19)15-17-16(22-18-15)11-5-6-11/h11-13H,1-10H2/t12-,13-/m0/s1. The van der Waals surface area contributed by atoms with Crippen LogP contribution in [0.25, 0.3) is 0 Å². The van der Waals surface area contributed by atoms with Gasteiger partial charge in [0, 0.05) is 25.5 Å². The number of hydrogen-bond donors (Lipinski definition) is 0. The maximum Gasteiger partial charge on any atom is 0.229 e. The summed E-state index contributed by atoms with van der Waals surface area (Å²) in [4.78, 5) is 19.0. The van der Waals surface area contributed by atoms with E-state index >= 15 is 0 Å². The normalized spacial score (nSPS) is 28.5. The van der Waals surface area contributed by atoms with Gasteiger partial charge in [-0.05, 0) is 44.9 Å². The zero-order valence-electron chi connectivity index (χ0n) is 12.9. The third-order valence-corrected chi connectivity index (χ3v) is 4.96. The molecular formula is C16H23N3O3. The van der Waals surface area contributed by atoms with Crippen LogP contribution in [-0.2, 0) is 9.53 Å². The molecule has 1 aromatic rings.